The van der Waals surface area contributed by atoms with Crippen molar-refractivity contribution in [2.24, 2.45) is 0 Å². The molecule has 0 unspecified atom stereocenters. The van der Waals surface area contributed by atoms with Crippen molar-refractivity contribution in [1.29, 1.82) is 0 Å². The van der Waals surface area contributed by atoms with Crippen LogP contribution in [0.15, 0.2) is 12.1 Å². The molecular weight excluding hydrogens is 200 g/mol. The summed E-state index contributed by atoms with van der Waals surface area (Å²) in [5.41, 5.74) is 5.60. The van der Waals surface area contributed by atoms with Crippen LogP contribution >= 0.6 is 0 Å². The maximum Gasteiger partial charge on any atom is 0.202 e. The van der Waals surface area contributed by atoms with Crippen LogP contribution in [0, 0.1) is 11.6 Å². The highest BCUT2D eigenvalue weighted by molar-refractivity contribution is 5.53. The van der Waals surface area contributed by atoms with Crippen molar-refractivity contribution in [2.75, 3.05) is 12.3 Å². The molecule has 0 bridgehead atoms. The number of hydrogen-bond donors (Lipinski definition) is 1. The van der Waals surface area contributed by atoms with Crippen molar-refractivity contribution >= 4 is 5.69 Å². The molecule has 0 radical (unpaired) electrons. The SMILES string of the molecule is CCCCCOc1c(N)ccc(F)c1F. The van der Waals surface area contributed by atoms with Gasteiger partial charge in [0.05, 0.1) is 12.3 Å². The van der Waals surface area contributed by atoms with Crippen LogP contribution in [0.1, 0.15) is 26.2 Å². The van der Waals surface area contributed by atoms with E-state index in [2.05, 4.69) is 6.92 Å². The summed E-state index contributed by atoms with van der Waals surface area (Å²) in [6.45, 7) is 2.41. The number of rotatable bonds is 5. The average Bonchev–Trinajstić information content (AvgIpc) is 2.23. The first-order valence-electron chi connectivity index (χ1n) is 5.03. The van der Waals surface area contributed by atoms with Crippen LogP contribution < -0.4 is 10.5 Å². The lowest BCUT2D eigenvalue weighted by Crippen LogP contribution is -2.03. The highest BCUT2D eigenvalue weighted by atomic mass is 19.2. The van der Waals surface area contributed by atoms with Gasteiger partial charge >= 0.3 is 0 Å². The van der Waals surface area contributed by atoms with Crippen molar-refractivity contribution in [1.82, 2.24) is 0 Å². The van der Waals surface area contributed by atoms with Gasteiger partial charge in [0.2, 0.25) is 5.82 Å². The Balaban J connectivity index is 2.63. The maximum absolute atomic E-state index is 13.2. The summed E-state index contributed by atoms with van der Waals surface area (Å²) in [5.74, 6) is -2.12. The maximum atomic E-state index is 13.2. The zero-order valence-electron chi connectivity index (χ0n) is 8.72. The fourth-order valence-electron chi connectivity index (χ4n) is 1.22. The molecule has 0 aliphatic carbocycles. The molecule has 15 heavy (non-hydrogen) atoms. The third-order valence-corrected chi connectivity index (χ3v) is 2.07. The van der Waals surface area contributed by atoms with Gasteiger partial charge in [-0.1, -0.05) is 19.8 Å². The first kappa shape index (κ1) is 11.8. The van der Waals surface area contributed by atoms with E-state index in [0.29, 0.717) is 6.61 Å². The van der Waals surface area contributed by atoms with Crippen molar-refractivity contribution < 1.29 is 13.5 Å². The molecule has 2 N–H and O–H groups in total. The Labute approximate surface area is 88.0 Å². The van der Waals surface area contributed by atoms with Crippen molar-refractivity contribution in [3.63, 3.8) is 0 Å². The minimum absolute atomic E-state index is 0.130. The zero-order valence-corrected chi connectivity index (χ0v) is 8.72. The fourth-order valence-corrected chi connectivity index (χ4v) is 1.22. The summed E-state index contributed by atoms with van der Waals surface area (Å²) in [6, 6.07) is 2.29. The molecule has 0 amide bonds. The van der Waals surface area contributed by atoms with Gasteiger partial charge in [0, 0.05) is 0 Å². The lowest BCUT2D eigenvalue weighted by molar-refractivity contribution is 0.288. The van der Waals surface area contributed by atoms with Crippen LogP contribution in [-0.2, 0) is 0 Å². The topological polar surface area (TPSA) is 35.2 Å². The monoisotopic (exact) mass is 215 g/mol. The molecule has 0 fully saturated rings. The predicted molar refractivity (Wildman–Crippen MR) is 55.8 cm³/mol. The Kier molecular flexibility index (Phi) is 4.34. The van der Waals surface area contributed by atoms with Crippen molar-refractivity contribution in [3.8, 4) is 5.75 Å². The van der Waals surface area contributed by atoms with Gasteiger partial charge in [-0.05, 0) is 18.6 Å². The van der Waals surface area contributed by atoms with E-state index < -0.39 is 11.6 Å². The van der Waals surface area contributed by atoms with Gasteiger partial charge in [-0.3, -0.25) is 0 Å². The first-order valence-corrected chi connectivity index (χ1v) is 5.03. The second-order valence-corrected chi connectivity index (χ2v) is 3.34. The molecular formula is C11H15F2NO. The summed E-state index contributed by atoms with van der Waals surface area (Å²) in [5, 5.41) is 0. The molecule has 1 aromatic carbocycles. The summed E-state index contributed by atoms with van der Waals surface area (Å²) in [4.78, 5) is 0. The van der Waals surface area contributed by atoms with E-state index in [1.165, 1.54) is 6.07 Å². The molecule has 0 saturated heterocycles. The smallest absolute Gasteiger partial charge is 0.202 e. The Hall–Kier alpha value is -1.32. The van der Waals surface area contributed by atoms with Gasteiger partial charge in [-0.2, -0.15) is 4.39 Å². The number of benzene rings is 1. The van der Waals surface area contributed by atoms with Crippen molar-refractivity contribution in [3.05, 3.63) is 23.8 Å². The van der Waals surface area contributed by atoms with E-state index in [4.69, 9.17) is 10.5 Å². The number of anilines is 1. The number of ether oxygens (including phenoxy) is 1. The van der Waals surface area contributed by atoms with E-state index in [0.717, 1.165) is 25.3 Å². The van der Waals surface area contributed by atoms with E-state index in [9.17, 15) is 8.78 Å². The molecule has 0 aromatic heterocycles. The Morgan fingerprint density at radius 3 is 2.67 bits per heavy atom. The van der Waals surface area contributed by atoms with E-state index >= 15 is 0 Å². The molecule has 1 aromatic rings. The molecule has 0 spiro atoms. The van der Waals surface area contributed by atoms with Gasteiger partial charge in [0.1, 0.15) is 0 Å². The third kappa shape index (κ3) is 3.08. The number of unbranched alkanes of at least 4 members (excludes halogenated alkanes) is 2. The Morgan fingerprint density at radius 2 is 2.00 bits per heavy atom. The number of nitrogens with two attached hydrogens (primary N) is 1. The molecule has 4 heteroatoms. The van der Waals surface area contributed by atoms with E-state index in [-0.39, 0.29) is 11.4 Å². The Bertz CT molecular complexity index is 329. The number of hydrogen-bond acceptors (Lipinski definition) is 2. The second-order valence-electron chi connectivity index (χ2n) is 3.34. The minimum Gasteiger partial charge on any atom is -0.488 e. The highest BCUT2D eigenvalue weighted by Crippen LogP contribution is 2.27. The van der Waals surface area contributed by atoms with Crippen LogP contribution in [0.25, 0.3) is 0 Å². The summed E-state index contributed by atoms with van der Waals surface area (Å²) >= 11 is 0. The van der Waals surface area contributed by atoms with E-state index in [1.54, 1.807) is 0 Å². The molecule has 2 nitrogen and oxygen atoms in total. The fraction of sp³-hybridized carbons (Fsp3) is 0.455. The Morgan fingerprint density at radius 1 is 1.27 bits per heavy atom. The zero-order chi connectivity index (χ0) is 11.3. The lowest BCUT2D eigenvalue weighted by Gasteiger charge is -2.09. The number of halogens is 2. The predicted octanol–water partition coefficient (Wildman–Crippen LogP) is 3.12. The van der Waals surface area contributed by atoms with Crippen molar-refractivity contribution in [2.45, 2.75) is 26.2 Å². The first-order chi connectivity index (χ1) is 7.16. The van der Waals surface area contributed by atoms with Crippen LogP contribution in [0.4, 0.5) is 14.5 Å². The molecule has 0 saturated carbocycles. The standard InChI is InChI=1S/C11H15F2NO/c1-2-3-4-7-15-11-9(14)6-5-8(12)10(11)13/h5-6H,2-4,7,14H2,1H3. The quantitative estimate of drug-likeness (QED) is 0.605. The normalized spacial score (nSPS) is 10.3. The van der Waals surface area contributed by atoms with Crippen LogP contribution in [0.3, 0.4) is 0 Å². The van der Waals surface area contributed by atoms with Gasteiger partial charge in [0.25, 0.3) is 0 Å². The molecule has 0 aliphatic heterocycles. The summed E-state index contributed by atoms with van der Waals surface area (Å²) in [6.07, 6.45) is 2.85. The molecule has 84 valence electrons. The van der Waals surface area contributed by atoms with Crippen LogP contribution in [0.2, 0.25) is 0 Å². The molecule has 0 aliphatic rings. The van der Waals surface area contributed by atoms with Gasteiger partial charge < -0.3 is 10.5 Å². The summed E-state index contributed by atoms with van der Waals surface area (Å²) < 4.78 is 31.1. The minimum atomic E-state index is -1.01. The van der Waals surface area contributed by atoms with Crippen LogP contribution in [-0.4, -0.2) is 6.61 Å². The van der Waals surface area contributed by atoms with Gasteiger partial charge in [-0.15, -0.1) is 0 Å². The average molecular weight is 215 g/mol. The highest BCUT2D eigenvalue weighted by Gasteiger charge is 2.12. The lowest BCUT2D eigenvalue weighted by atomic mass is 10.2. The molecule has 0 atom stereocenters. The third-order valence-electron chi connectivity index (χ3n) is 2.07. The number of nitrogen functional groups attached to an aromatic ring is 1. The van der Waals surface area contributed by atoms with E-state index in [1.807, 2.05) is 0 Å². The van der Waals surface area contributed by atoms with Crippen LogP contribution in [0.5, 0.6) is 5.75 Å². The second kappa shape index (κ2) is 5.53. The van der Waals surface area contributed by atoms with Gasteiger partial charge in [0.15, 0.2) is 11.6 Å². The van der Waals surface area contributed by atoms with Gasteiger partial charge in [-0.25, -0.2) is 4.39 Å². The molecule has 0 heterocycles. The largest absolute Gasteiger partial charge is 0.488 e. The molecule has 1 rings (SSSR count). The summed E-state index contributed by atoms with van der Waals surface area (Å²) in [7, 11) is 0.